The number of hydrogen-bond acceptors (Lipinski definition) is 6. The first-order valence-corrected chi connectivity index (χ1v) is 15.1. The number of carbonyl (C=O) groups is 4. The molecule has 5 aliphatic carbocycles. The molecular weight excluding hydrogens is 516 g/mol. The highest BCUT2D eigenvalue weighted by molar-refractivity contribution is 6.12. The number of hydrogen-bond donors (Lipinski definition) is 0. The Kier molecular flexibility index (Phi) is 6.44. The monoisotopic (exact) mass is 562 g/mol. The van der Waals surface area contributed by atoms with Crippen molar-refractivity contribution in [3.05, 3.63) is 23.8 Å². The highest BCUT2D eigenvalue weighted by Crippen LogP contribution is 2.75. The first-order chi connectivity index (χ1) is 18.9. The Hall–Kier alpha value is -2.75. The predicted molar refractivity (Wildman–Crippen MR) is 154 cm³/mol. The molecule has 0 saturated heterocycles. The van der Waals surface area contributed by atoms with Gasteiger partial charge in [-0.1, -0.05) is 46.3 Å². The van der Waals surface area contributed by atoms with Crippen molar-refractivity contribution in [2.24, 2.45) is 56.2 Å². The van der Waals surface area contributed by atoms with Crippen molar-refractivity contribution >= 4 is 23.4 Å². The first-order valence-electron chi connectivity index (χ1n) is 15.1. The Morgan fingerprint density at radius 3 is 2.22 bits per heavy atom. The molecule has 0 aromatic heterocycles. The molecule has 7 nitrogen and oxygen atoms in total. The molecule has 0 bridgehead atoms. The van der Waals surface area contributed by atoms with Crippen molar-refractivity contribution in [2.75, 3.05) is 21.2 Å². The summed E-state index contributed by atoms with van der Waals surface area (Å²) in [4.78, 5) is 56.6. The molecule has 1 unspecified atom stereocenters. The Labute approximate surface area is 244 Å². The van der Waals surface area contributed by atoms with Crippen LogP contribution >= 0.6 is 0 Å². The van der Waals surface area contributed by atoms with Gasteiger partial charge in [0.1, 0.15) is 5.41 Å². The maximum atomic E-state index is 14.6. The van der Waals surface area contributed by atoms with E-state index in [0.717, 1.165) is 18.4 Å². The van der Waals surface area contributed by atoms with Crippen LogP contribution in [0.1, 0.15) is 80.1 Å². The lowest BCUT2D eigenvalue weighted by Gasteiger charge is -2.69. The van der Waals surface area contributed by atoms with E-state index in [1.807, 2.05) is 6.08 Å². The summed E-state index contributed by atoms with van der Waals surface area (Å²) in [5.74, 6) is -2.43. The number of nitrogens with zero attached hydrogens (tertiary/aromatic N) is 2. The van der Waals surface area contributed by atoms with Gasteiger partial charge in [-0.3, -0.25) is 19.2 Å². The van der Waals surface area contributed by atoms with Crippen LogP contribution in [0.5, 0.6) is 0 Å². The van der Waals surface area contributed by atoms with E-state index in [9.17, 15) is 24.4 Å². The summed E-state index contributed by atoms with van der Waals surface area (Å²) in [6, 6.07) is 2.57. The van der Waals surface area contributed by atoms with Crippen LogP contribution in [0.25, 0.3) is 0 Å². The van der Waals surface area contributed by atoms with Gasteiger partial charge < -0.3 is 9.64 Å². The molecule has 3 fully saturated rings. The summed E-state index contributed by atoms with van der Waals surface area (Å²) < 4.78 is 5.40. The largest absolute Gasteiger partial charge is 0.469 e. The molecule has 7 heteroatoms. The van der Waals surface area contributed by atoms with Crippen molar-refractivity contribution in [3.8, 4) is 6.07 Å². The molecule has 41 heavy (non-hydrogen) atoms. The summed E-state index contributed by atoms with van der Waals surface area (Å²) in [7, 11) is 4.78. The number of nitriles is 1. The van der Waals surface area contributed by atoms with Crippen LogP contribution in [0.2, 0.25) is 0 Å². The fourth-order valence-corrected chi connectivity index (χ4v) is 10.6. The normalized spacial score (nSPS) is 46.1. The predicted octanol–water partition coefficient (Wildman–Crippen LogP) is 5.30. The lowest BCUT2D eigenvalue weighted by molar-refractivity contribution is -0.198. The van der Waals surface area contributed by atoms with Gasteiger partial charge in [0.15, 0.2) is 11.6 Å². The van der Waals surface area contributed by atoms with Crippen LogP contribution in [0, 0.1) is 67.5 Å². The minimum atomic E-state index is -1.22. The number of allylic oxidation sites excluding steroid dienone is 4. The molecule has 0 radical (unpaired) electrons. The van der Waals surface area contributed by atoms with E-state index >= 15 is 0 Å². The lowest BCUT2D eigenvalue weighted by Crippen LogP contribution is -2.68. The fraction of sp³-hybridized carbons (Fsp3) is 0.735. The maximum absolute atomic E-state index is 14.6. The fourth-order valence-electron chi connectivity index (χ4n) is 10.6. The average Bonchev–Trinajstić information content (AvgIpc) is 2.91. The Balaban J connectivity index is 1.71. The molecule has 5 rings (SSSR count). The summed E-state index contributed by atoms with van der Waals surface area (Å²) in [5.41, 5.74) is -3.03. The van der Waals surface area contributed by atoms with Crippen LogP contribution in [-0.4, -0.2) is 49.5 Å². The van der Waals surface area contributed by atoms with Gasteiger partial charge in [0.05, 0.1) is 24.5 Å². The van der Waals surface area contributed by atoms with E-state index in [1.165, 1.54) is 12.0 Å². The first kappa shape index (κ1) is 29.7. The standard InChI is InChI=1S/C34H46N2O5/c1-29(2)14-16-34(28(40)41-9)17-15-32(5)26(25(34)20(29)19-35)21(37)18-23-30(3)12-11-24(38)33(6,27(39)36(7)8)22(30)10-13-31(23,32)4/h11-12,18,20,22,25-26H,10,13-17H2,1-9H3/t20?,22-,25+,26-,30+,31-,32-,33+,34+/m1/s1. The highest BCUT2D eigenvalue weighted by Gasteiger charge is 2.73. The molecule has 9 atom stereocenters. The number of amides is 1. The number of carbonyl (C=O) groups excluding carboxylic acids is 4. The van der Waals surface area contributed by atoms with Gasteiger partial charge in [0.25, 0.3) is 0 Å². The van der Waals surface area contributed by atoms with Gasteiger partial charge >= 0.3 is 5.97 Å². The summed E-state index contributed by atoms with van der Waals surface area (Å²) in [6.45, 7) is 12.5. The molecule has 0 N–H and O–H groups in total. The summed E-state index contributed by atoms with van der Waals surface area (Å²) >= 11 is 0. The second-order valence-electron chi connectivity index (χ2n) is 15.4. The van der Waals surface area contributed by atoms with E-state index in [1.54, 1.807) is 33.2 Å². The second-order valence-corrected chi connectivity index (χ2v) is 15.4. The average molecular weight is 563 g/mol. The zero-order valence-corrected chi connectivity index (χ0v) is 26.2. The van der Waals surface area contributed by atoms with Crippen LogP contribution in [-0.2, 0) is 23.9 Å². The number of methoxy groups -OCH3 is 1. The summed E-state index contributed by atoms with van der Waals surface area (Å²) in [5, 5.41) is 10.6. The van der Waals surface area contributed by atoms with Crippen LogP contribution in [0.15, 0.2) is 23.8 Å². The van der Waals surface area contributed by atoms with Gasteiger partial charge in [-0.25, -0.2) is 0 Å². The third kappa shape index (κ3) is 3.42. The zero-order chi connectivity index (χ0) is 30.6. The Bertz CT molecular complexity index is 1340. The summed E-state index contributed by atoms with van der Waals surface area (Å²) in [6.07, 6.45) is 9.25. The number of ether oxygens (including phenoxy) is 1. The number of fused-ring (bicyclic) bond motifs is 7. The van der Waals surface area contributed by atoms with Gasteiger partial charge in [0.2, 0.25) is 5.91 Å². The van der Waals surface area contributed by atoms with Crippen LogP contribution < -0.4 is 0 Å². The maximum Gasteiger partial charge on any atom is 0.312 e. The van der Waals surface area contributed by atoms with Gasteiger partial charge in [0, 0.05) is 31.3 Å². The molecule has 1 amide bonds. The topological polar surface area (TPSA) is 105 Å². The third-order valence-corrected chi connectivity index (χ3v) is 13.2. The Morgan fingerprint density at radius 2 is 1.63 bits per heavy atom. The molecule has 0 spiro atoms. The van der Waals surface area contributed by atoms with Gasteiger partial charge in [-0.2, -0.15) is 5.26 Å². The minimum Gasteiger partial charge on any atom is -0.469 e. The van der Waals surface area contributed by atoms with E-state index in [4.69, 9.17) is 4.74 Å². The van der Waals surface area contributed by atoms with Crippen molar-refractivity contribution < 1.29 is 23.9 Å². The van der Waals surface area contributed by atoms with E-state index in [2.05, 4.69) is 40.7 Å². The molecular formula is C34H46N2O5. The van der Waals surface area contributed by atoms with E-state index in [0.29, 0.717) is 25.7 Å². The molecule has 0 heterocycles. The van der Waals surface area contributed by atoms with Crippen molar-refractivity contribution in [1.82, 2.24) is 4.90 Å². The highest BCUT2D eigenvalue weighted by atomic mass is 16.5. The minimum absolute atomic E-state index is 0.0382. The molecule has 0 aromatic carbocycles. The molecule has 0 aromatic rings. The van der Waals surface area contributed by atoms with Crippen molar-refractivity contribution in [2.45, 2.75) is 80.1 Å². The smallest absolute Gasteiger partial charge is 0.312 e. The number of rotatable bonds is 2. The molecule has 5 aliphatic rings. The van der Waals surface area contributed by atoms with Crippen LogP contribution in [0.3, 0.4) is 0 Å². The van der Waals surface area contributed by atoms with Gasteiger partial charge in [-0.05, 0) is 79.8 Å². The quantitative estimate of drug-likeness (QED) is 0.334. The SMILES string of the molecule is COC(=O)[C@]12CCC(C)(C)C(C#N)[C@H]1[C@H]1C(=O)C=C3[C@@]4(C)C=CC(=O)[C@@](C)(C(=O)N(C)C)[C@@H]4CC[C@@]3(C)[C@]1(C)CC2. The molecule has 222 valence electrons. The van der Waals surface area contributed by atoms with E-state index < -0.39 is 44.8 Å². The van der Waals surface area contributed by atoms with Crippen molar-refractivity contribution in [1.29, 1.82) is 5.26 Å². The number of esters is 1. The molecule has 3 saturated carbocycles. The zero-order valence-electron chi connectivity index (χ0n) is 26.2. The second kappa shape index (κ2) is 8.88. The van der Waals surface area contributed by atoms with Crippen LogP contribution in [0.4, 0.5) is 0 Å². The number of ketones is 2. The van der Waals surface area contributed by atoms with Gasteiger partial charge in [-0.15, -0.1) is 0 Å². The molecule has 0 aliphatic heterocycles. The third-order valence-electron chi connectivity index (χ3n) is 13.2. The Morgan fingerprint density at radius 1 is 1.00 bits per heavy atom. The van der Waals surface area contributed by atoms with Crippen molar-refractivity contribution in [3.63, 3.8) is 0 Å². The lowest BCUT2D eigenvalue weighted by atomic mass is 9.33. The van der Waals surface area contributed by atoms with E-state index in [-0.39, 0.29) is 34.8 Å².